The average Bonchev–Trinajstić information content (AvgIpc) is 2.76. The van der Waals surface area contributed by atoms with E-state index in [1.165, 1.54) is 36.5 Å². The summed E-state index contributed by atoms with van der Waals surface area (Å²) in [7, 11) is -4.24. The van der Waals surface area contributed by atoms with Crippen molar-refractivity contribution in [2.75, 3.05) is 16.6 Å². The van der Waals surface area contributed by atoms with Crippen LogP contribution in [0.2, 0.25) is 5.02 Å². The number of ether oxygens (including phenoxy) is 2. The molecular formula is C21H17ClF3N3O5S. The van der Waals surface area contributed by atoms with Gasteiger partial charge in [-0.05, 0) is 55.5 Å². The van der Waals surface area contributed by atoms with Crippen molar-refractivity contribution in [2.45, 2.75) is 18.0 Å². The van der Waals surface area contributed by atoms with E-state index in [2.05, 4.69) is 15.0 Å². The van der Waals surface area contributed by atoms with Gasteiger partial charge in [0, 0.05) is 12.3 Å². The summed E-state index contributed by atoms with van der Waals surface area (Å²) < 4.78 is 76.3. The maximum atomic E-state index is 12.7. The number of pyridine rings is 1. The van der Waals surface area contributed by atoms with E-state index in [9.17, 15) is 26.4 Å². The van der Waals surface area contributed by atoms with E-state index in [1.807, 2.05) is 0 Å². The number of anilines is 2. The first-order valence-corrected chi connectivity index (χ1v) is 11.4. The van der Waals surface area contributed by atoms with E-state index in [-0.39, 0.29) is 34.5 Å². The fourth-order valence-corrected chi connectivity index (χ4v) is 3.79. The molecule has 13 heteroatoms. The molecule has 0 bridgehead atoms. The molecule has 1 aromatic heterocycles. The zero-order valence-electron chi connectivity index (χ0n) is 17.4. The Morgan fingerprint density at radius 1 is 1.09 bits per heavy atom. The van der Waals surface area contributed by atoms with Crippen molar-refractivity contribution in [3.8, 4) is 11.6 Å². The van der Waals surface area contributed by atoms with Crippen LogP contribution in [-0.2, 0) is 20.9 Å². The van der Waals surface area contributed by atoms with Crippen molar-refractivity contribution >= 4 is 39.1 Å². The fourth-order valence-electron chi connectivity index (χ4n) is 2.63. The molecule has 0 spiro atoms. The zero-order valence-corrected chi connectivity index (χ0v) is 19.0. The number of rotatable bonds is 7. The smallest absolute Gasteiger partial charge is 0.416 e. The fraction of sp³-hybridized carbons (Fsp3) is 0.143. The third-order valence-corrected chi connectivity index (χ3v) is 5.77. The highest BCUT2D eigenvalue weighted by molar-refractivity contribution is 7.92. The molecule has 34 heavy (non-hydrogen) atoms. The number of hydrogen-bond donors (Lipinski definition) is 2. The zero-order chi connectivity index (χ0) is 24.9. The van der Waals surface area contributed by atoms with Crippen molar-refractivity contribution in [3.05, 3.63) is 71.4 Å². The number of nitrogens with zero attached hydrogens (tertiary/aromatic N) is 1. The number of carbonyl (C=O) groups excluding carboxylic acids is 1. The number of nitrogens with one attached hydrogen (secondary N) is 2. The topological polar surface area (TPSA) is 107 Å². The van der Waals surface area contributed by atoms with Gasteiger partial charge in [0.1, 0.15) is 0 Å². The van der Waals surface area contributed by atoms with Gasteiger partial charge < -0.3 is 9.47 Å². The molecule has 3 aromatic rings. The highest BCUT2D eigenvalue weighted by Crippen LogP contribution is 2.33. The molecule has 3 rings (SSSR count). The lowest BCUT2D eigenvalue weighted by atomic mass is 10.2. The first-order chi connectivity index (χ1) is 16.0. The van der Waals surface area contributed by atoms with Gasteiger partial charge in [0.15, 0.2) is 5.75 Å². The molecule has 1 heterocycles. The van der Waals surface area contributed by atoms with E-state index in [4.69, 9.17) is 21.1 Å². The molecule has 0 unspecified atom stereocenters. The lowest BCUT2D eigenvalue weighted by Crippen LogP contribution is -2.16. The second-order valence-corrected chi connectivity index (χ2v) is 8.72. The Labute approximate surface area is 197 Å². The Bertz CT molecular complexity index is 1270. The van der Waals surface area contributed by atoms with Crippen LogP contribution >= 0.6 is 11.6 Å². The predicted octanol–water partition coefficient (Wildman–Crippen LogP) is 5.92. The van der Waals surface area contributed by atoms with Gasteiger partial charge in [-0.3, -0.25) is 10.0 Å². The molecule has 2 aromatic carbocycles. The summed E-state index contributed by atoms with van der Waals surface area (Å²) in [5.41, 5.74) is -0.935. The second-order valence-electron chi connectivity index (χ2n) is 6.60. The van der Waals surface area contributed by atoms with Gasteiger partial charge in [0.2, 0.25) is 5.88 Å². The normalized spacial score (nSPS) is 11.6. The third kappa shape index (κ3) is 6.51. The molecule has 2 N–H and O–H groups in total. The van der Waals surface area contributed by atoms with Crippen LogP contribution in [0.3, 0.4) is 0 Å². The molecular weight excluding hydrogens is 499 g/mol. The van der Waals surface area contributed by atoms with Gasteiger partial charge in [-0.15, -0.1) is 0 Å². The van der Waals surface area contributed by atoms with Crippen LogP contribution < -0.4 is 14.8 Å². The molecule has 0 radical (unpaired) electrons. The summed E-state index contributed by atoms with van der Waals surface area (Å²) >= 11 is 5.80. The van der Waals surface area contributed by atoms with Gasteiger partial charge in [-0.25, -0.2) is 18.2 Å². The summed E-state index contributed by atoms with van der Waals surface area (Å²) in [5, 5.41) is 2.81. The van der Waals surface area contributed by atoms with E-state index < -0.39 is 27.9 Å². The van der Waals surface area contributed by atoms with Crippen LogP contribution in [0.1, 0.15) is 12.5 Å². The Kier molecular flexibility index (Phi) is 7.52. The predicted molar refractivity (Wildman–Crippen MR) is 119 cm³/mol. The number of benzene rings is 2. The van der Waals surface area contributed by atoms with Crippen LogP contribution in [0.4, 0.5) is 29.3 Å². The number of halogens is 4. The summed E-state index contributed by atoms with van der Waals surface area (Å²) in [6.45, 7) is 1.68. The van der Waals surface area contributed by atoms with Crippen molar-refractivity contribution in [1.82, 2.24) is 4.98 Å². The van der Waals surface area contributed by atoms with Crippen LogP contribution in [0.5, 0.6) is 11.6 Å². The highest BCUT2D eigenvalue weighted by Gasteiger charge is 2.30. The van der Waals surface area contributed by atoms with Crippen molar-refractivity contribution in [3.63, 3.8) is 0 Å². The van der Waals surface area contributed by atoms with E-state index in [0.717, 1.165) is 12.1 Å². The van der Waals surface area contributed by atoms with E-state index >= 15 is 0 Å². The van der Waals surface area contributed by atoms with Gasteiger partial charge in [-0.2, -0.15) is 13.2 Å². The number of hydrogen-bond acceptors (Lipinski definition) is 6. The Morgan fingerprint density at radius 2 is 1.79 bits per heavy atom. The SMILES string of the molecule is CCOC(=O)Nc1cc(NS(=O)(=O)c2ccc(C(F)(F)F)cc2)ccc1Oc1ccc(Cl)cn1. The van der Waals surface area contributed by atoms with Crippen LogP contribution in [0, 0.1) is 0 Å². The maximum Gasteiger partial charge on any atom is 0.416 e. The lowest BCUT2D eigenvalue weighted by Gasteiger charge is -2.15. The minimum atomic E-state index is -4.60. The molecule has 180 valence electrons. The lowest BCUT2D eigenvalue weighted by molar-refractivity contribution is -0.137. The first kappa shape index (κ1) is 25.1. The van der Waals surface area contributed by atoms with Crippen molar-refractivity contribution in [1.29, 1.82) is 0 Å². The third-order valence-electron chi connectivity index (χ3n) is 4.15. The molecule has 0 fully saturated rings. The standard InChI is InChI=1S/C21H17ClF3N3O5S/c1-2-32-20(29)27-17-11-15(6-9-18(17)33-19-10-5-14(22)12-26-19)28-34(30,31)16-7-3-13(4-8-16)21(23,24)25/h3-12,28H,2H2,1H3,(H,27,29). The molecule has 8 nitrogen and oxygen atoms in total. The number of aromatic nitrogens is 1. The van der Waals surface area contributed by atoms with Gasteiger partial charge in [-0.1, -0.05) is 11.6 Å². The van der Waals surface area contributed by atoms with Gasteiger partial charge >= 0.3 is 12.3 Å². The Morgan fingerprint density at radius 3 is 2.38 bits per heavy atom. The molecule has 0 atom stereocenters. The minimum Gasteiger partial charge on any atom is -0.450 e. The van der Waals surface area contributed by atoms with Crippen LogP contribution in [0.25, 0.3) is 0 Å². The second kappa shape index (κ2) is 10.2. The van der Waals surface area contributed by atoms with E-state index in [0.29, 0.717) is 17.2 Å². The number of sulfonamides is 1. The van der Waals surface area contributed by atoms with Crippen LogP contribution in [-0.4, -0.2) is 26.1 Å². The van der Waals surface area contributed by atoms with E-state index in [1.54, 1.807) is 6.92 Å². The highest BCUT2D eigenvalue weighted by atomic mass is 35.5. The first-order valence-electron chi connectivity index (χ1n) is 9.55. The molecule has 0 aliphatic carbocycles. The molecule has 0 aliphatic rings. The minimum absolute atomic E-state index is 0.00288. The van der Waals surface area contributed by atoms with Gasteiger partial charge in [0.05, 0.1) is 33.5 Å². The van der Waals surface area contributed by atoms with Crippen LogP contribution in [0.15, 0.2) is 65.7 Å². The summed E-state index contributed by atoms with van der Waals surface area (Å²) in [6, 6.07) is 9.98. The Hall–Kier alpha value is -3.51. The van der Waals surface area contributed by atoms with Crippen molar-refractivity contribution < 1.29 is 35.9 Å². The summed E-state index contributed by atoms with van der Waals surface area (Å²) in [5.74, 6) is 0.259. The molecule has 1 amide bonds. The monoisotopic (exact) mass is 515 g/mol. The molecule has 0 aliphatic heterocycles. The quantitative estimate of drug-likeness (QED) is 0.405. The number of amides is 1. The average molecular weight is 516 g/mol. The van der Waals surface area contributed by atoms with Crippen molar-refractivity contribution in [2.24, 2.45) is 0 Å². The van der Waals surface area contributed by atoms with Gasteiger partial charge in [0.25, 0.3) is 10.0 Å². The Balaban J connectivity index is 1.88. The molecule has 0 saturated heterocycles. The largest absolute Gasteiger partial charge is 0.450 e. The summed E-state index contributed by atoms with van der Waals surface area (Å²) in [4.78, 5) is 15.5. The molecule has 0 saturated carbocycles. The summed E-state index contributed by atoms with van der Waals surface area (Å²) in [6.07, 6.45) is -4.07. The maximum absolute atomic E-state index is 12.7. The number of carbonyl (C=O) groups is 1. The number of alkyl halides is 3.